The van der Waals surface area contributed by atoms with Gasteiger partial charge in [-0.15, -0.1) is 0 Å². The number of carbonyl (C=O) groups excluding carboxylic acids is 2. The molecule has 6 heteroatoms. The van der Waals surface area contributed by atoms with Crippen molar-refractivity contribution in [2.75, 3.05) is 12.8 Å². The van der Waals surface area contributed by atoms with Gasteiger partial charge in [-0.05, 0) is 6.07 Å². The molecule has 1 heterocycles. The van der Waals surface area contributed by atoms with Gasteiger partial charge in [0, 0.05) is 0 Å². The summed E-state index contributed by atoms with van der Waals surface area (Å²) in [5.74, 6) is -1.23. The van der Waals surface area contributed by atoms with E-state index in [4.69, 9.17) is 11.5 Å². The molecule has 5 N–H and O–H groups in total. The number of rotatable bonds is 2. The Morgan fingerprint density at radius 3 is 2.54 bits per heavy atom. The highest BCUT2D eigenvalue weighted by Crippen LogP contribution is 2.12. The van der Waals surface area contributed by atoms with Crippen LogP contribution in [0.3, 0.4) is 0 Å². The molecular formula is C7H9N3O3. The number of nitrogens with two attached hydrogens (primary N) is 2. The molecule has 0 saturated carbocycles. The Morgan fingerprint density at radius 2 is 2.15 bits per heavy atom. The van der Waals surface area contributed by atoms with E-state index in [1.165, 1.54) is 13.2 Å². The second-order valence-corrected chi connectivity index (χ2v) is 2.37. The second-order valence-electron chi connectivity index (χ2n) is 2.37. The van der Waals surface area contributed by atoms with E-state index < -0.39 is 11.9 Å². The molecule has 0 unspecified atom stereocenters. The van der Waals surface area contributed by atoms with E-state index in [-0.39, 0.29) is 17.1 Å². The number of anilines is 1. The van der Waals surface area contributed by atoms with Crippen LogP contribution in [0.2, 0.25) is 0 Å². The zero-order chi connectivity index (χ0) is 10.0. The fourth-order valence-corrected chi connectivity index (χ4v) is 0.894. The van der Waals surface area contributed by atoms with Gasteiger partial charge in [0.15, 0.2) is 0 Å². The monoisotopic (exact) mass is 183 g/mol. The van der Waals surface area contributed by atoms with Gasteiger partial charge in [-0.1, -0.05) is 0 Å². The van der Waals surface area contributed by atoms with E-state index in [1.54, 1.807) is 0 Å². The molecule has 1 aromatic rings. The lowest BCUT2D eigenvalue weighted by Crippen LogP contribution is -2.11. The minimum absolute atomic E-state index is 0.0629. The van der Waals surface area contributed by atoms with Crippen LogP contribution in [0.25, 0.3) is 0 Å². The number of esters is 1. The van der Waals surface area contributed by atoms with Crippen molar-refractivity contribution >= 4 is 17.7 Å². The number of methoxy groups -OCH3 is 1. The molecule has 1 rings (SSSR count). The van der Waals surface area contributed by atoms with Crippen molar-refractivity contribution in [2.45, 2.75) is 0 Å². The molecule has 0 bridgehead atoms. The molecule has 0 aliphatic heterocycles. The molecule has 0 radical (unpaired) electrons. The fraction of sp³-hybridized carbons (Fsp3) is 0.143. The first-order valence-electron chi connectivity index (χ1n) is 3.43. The van der Waals surface area contributed by atoms with Crippen LogP contribution in [0.1, 0.15) is 20.8 Å². The Hall–Kier alpha value is -1.98. The van der Waals surface area contributed by atoms with Crippen LogP contribution in [0.4, 0.5) is 5.82 Å². The summed E-state index contributed by atoms with van der Waals surface area (Å²) in [6.07, 6.45) is 0. The molecule has 0 fully saturated rings. The maximum Gasteiger partial charge on any atom is 0.354 e. The Balaban J connectivity index is 3.09. The summed E-state index contributed by atoms with van der Waals surface area (Å²) in [6, 6.07) is 1.25. The van der Waals surface area contributed by atoms with Crippen molar-refractivity contribution in [1.82, 2.24) is 4.98 Å². The highest BCUT2D eigenvalue weighted by atomic mass is 16.5. The first kappa shape index (κ1) is 9.11. The minimum atomic E-state index is -0.691. The third-order valence-corrected chi connectivity index (χ3v) is 1.52. The Labute approximate surface area is 73.9 Å². The van der Waals surface area contributed by atoms with Crippen LogP contribution in [-0.4, -0.2) is 24.0 Å². The van der Waals surface area contributed by atoms with Crippen LogP contribution in [0, 0.1) is 0 Å². The number of ether oxygens (including phenoxy) is 1. The van der Waals surface area contributed by atoms with E-state index in [0.29, 0.717) is 0 Å². The molecule has 70 valence electrons. The van der Waals surface area contributed by atoms with Crippen LogP contribution >= 0.6 is 0 Å². The number of carbonyl (C=O) groups is 2. The molecule has 0 spiro atoms. The number of amides is 1. The van der Waals surface area contributed by atoms with Gasteiger partial charge in [0.1, 0.15) is 11.5 Å². The topological polar surface area (TPSA) is 111 Å². The number of primary amides is 1. The van der Waals surface area contributed by atoms with E-state index in [9.17, 15) is 9.59 Å². The van der Waals surface area contributed by atoms with Gasteiger partial charge in [-0.2, -0.15) is 0 Å². The second kappa shape index (κ2) is 3.18. The van der Waals surface area contributed by atoms with Gasteiger partial charge >= 0.3 is 5.97 Å². The van der Waals surface area contributed by atoms with Gasteiger partial charge in [0.25, 0.3) is 5.91 Å². The number of H-pyrrole nitrogens is 1. The fourth-order valence-electron chi connectivity index (χ4n) is 0.894. The summed E-state index contributed by atoms with van der Waals surface area (Å²) in [5.41, 5.74) is 10.5. The molecule has 1 amide bonds. The lowest BCUT2D eigenvalue weighted by atomic mass is 10.3. The molecule has 0 aromatic carbocycles. The van der Waals surface area contributed by atoms with Crippen LogP contribution in [0.15, 0.2) is 6.07 Å². The average molecular weight is 183 g/mol. The van der Waals surface area contributed by atoms with Gasteiger partial charge in [-0.25, -0.2) is 4.79 Å². The van der Waals surface area contributed by atoms with E-state index >= 15 is 0 Å². The molecule has 1 aromatic heterocycles. The standard InChI is InChI=1S/C7H9N3O3/c1-13-7(12)4-2-3(6(9)11)5(8)10-4/h2,10H,8H2,1H3,(H2,9,11). The predicted molar refractivity (Wildman–Crippen MR) is 45.1 cm³/mol. The van der Waals surface area contributed by atoms with Crippen molar-refractivity contribution in [3.8, 4) is 0 Å². The summed E-state index contributed by atoms with van der Waals surface area (Å²) in [5, 5.41) is 0. The molecule has 0 saturated heterocycles. The number of hydrogen-bond acceptors (Lipinski definition) is 4. The quantitative estimate of drug-likeness (QED) is 0.535. The SMILES string of the molecule is COC(=O)c1cc(C(N)=O)c(N)[nH]1. The van der Waals surface area contributed by atoms with Crippen molar-refractivity contribution in [3.05, 3.63) is 17.3 Å². The van der Waals surface area contributed by atoms with E-state index in [1.807, 2.05) is 0 Å². The van der Waals surface area contributed by atoms with Gasteiger partial charge < -0.3 is 21.2 Å². The Morgan fingerprint density at radius 1 is 1.54 bits per heavy atom. The molecule has 0 aliphatic carbocycles. The number of nitrogen functional groups attached to an aromatic ring is 1. The molecular weight excluding hydrogens is 174 g/mol. The average Bonchev–Trinajstić information content (AvgIpc) is 2.46. The smallest absolute Gasteiger partial charge is 0.354 e. The molecule has 0 atom stereocenters. The van der Waals surface area contributed by atoms with Crippen LogP contribution in [-0.2, 0) is 4.74 Å². The summed E-state index contributed by atoms with van der Waals surface area (Å²) < 4.78 is 4.41. The van der Waals surface area contributed by atoms with Crippen molar-refractivity contribution in [1.29, 1.82) is 0 Å². The Bertz CT molecular complexity index is 356. The number of aromatic nitrogens is 1. The summed E-state index contributed by atoms with van der Waals surface area (Å²) >= 11 is 0. The minimum Gasteiger partial charge on any atom is -0.464 e. The summed E-state index contributed by atoms with van der Waals surface area (Å²) in [6.45, 7) is 0. The lowest BCUT2D eigenvalue weighted by molar-refractivity contribution is 0.0595. The Kier molecular flexibility index (Phi) is 2.23. The molecule has 0 aliphatic rings. The molecule has 6 nitrogen and oxygen atoms in total. The predicted octanol–water partition coefficient (Wildman–Crippen LogP) is -0.518. The highest BCUT2D eigenvalue weighted by Gasteiger charge is 2.14. The number of hydrogen-bond donors (Lipinski definition) is 3. The first-order valence-corrected chi connectivity index (χ1v) is 3.43. The van der Waals surface area contributed by atoms with Crippen molar-refractivity contribution in [2.24, 2.45) is 5.73 Å². The number of nitrogens with one attached hydrogen (secondary N) is 1. The van der Waals surface area contributed by atoms with Crippen molar-refractivity contribution in [3.63, 3.8) is 0 Å². The van der Waals surface area contributed by atoms with E-state index in [2.05, 4.69) is 9.72 Å². The zero-order valence-corrected chi connectivity index (χ0v) is 6.96. The summed E-state index contributed by atoms with van der Waals surface area (Å²) in [7, 11) is 1.23. The summed E-state index contributed by atoms with van der Waals surface area (Å²) in [4.78, 5) is 24.1. The van der Waals surface area contributed by atoms with E-state index in [0.717, 1.165) is 0 Å². The normalized spacial score (nSPS) is 9.62. The maximum atomic E-state index is 10.9. The van der Waals surface area contributed by atoms with Gasteiger partial charge in [-0.3, -0.25) is 4.79 Å². The highest BCUT2D eigenvalue weighted by molar-refractivity contribution is 6.00. The first-order chi connectivity index (χ1) is 6.06. The molecule has 13 heavy (non-hydrogen) atoms. The zero-order valence-electron chi connectivity index (χ0n) is 6.96. The largest absolute Gasteiger partial charge is 0.464 e. The third kappa shape index (κ3) is 1.61. The van der Waals surface area contributed by atoms with Gasteiger partial charge in [0.05, 0.1) is 12.7 Å². The van der Waals surface area contributed by atoms with Gasteiger partial charge in [0.2, 0.25) is 0 Å². The van der Waals surface area contributed by atoms with Crippen molar-refractivity contribution < 1.29 is 14.3 Å². The van der Waals surface area contributed by atoms with Crippen LogP contribution in [0.5, 0.6) is 0 Å². The van der Waals surface area contributed by atoms with Crippen LogP contribution < -0.4 is 11.5 Å². The third-order valence-electron chi connectivity index (χ3n) is 1.52. The lowest BCUT2D eigenvalue weighted by Gasteiger charge is -1.92. The number of aromatic amines is 1. The maximum absolute atomic E-state index is 10.9.